The predicted molar refractivity (Wildman–Crippen MR) is 93.3 cm³/mol. The van der Waals surface area contributed by atoms with Gasteiger partial charge in [0.2, 0.25) is 5.91 Å². The molecule has 3 heterocycles. The monoisotopic (exact) mass is 365 g/mol. The van der Waals surface area contributed by atoms with E-state index >= 15 is 0 Å². The Balaban J connectivity index is 1.73. The van der Waals surface area contributed by atoms with E-state index in [4.69, 9.17) is 4.74 Å². The van der Waals surface area contributed by atoms with Gasteiger partial charge in [-0.3, -0.25) is 9.59 Å². The number of methoxy groups -OCH3 is 1. The van der Waals surface area contributed by atoms with Gasteiger partial charge in [-0.05, 0) is 37.4 Å². The molecule has 2 saturated heterocycles. The number of piperazine rings is 1. The van der Waals surface area contributed by atoms with Crippen LogP contribution in [0.5, 0.6) is 0 Å². The SMILES string of the molecule is COC(=O)[C@@H]1CN(C(=O)c2cccs2)CCN1C(=O)C1CCNCC1. The second-order valence-corrected chi connectivity index (χ2v) is 7.27. The highest BCUT2D eigenvalue weighted by Gasteiger charge is 2.40. The lowest BCUT2D eigenvalue weighted by Gasteiger charge is -2.41. The first-order valence-corrected chi connectivity index (χ1v) is 9.41. The number of hydrogen-bond donors (Lipinski definition) is 1. The summed E-state index contributed by atoms with van der Waals surface area (Å²) in [7, 11) is 1.32. The van der Waals surface area contributed by atoms with E-state index in [0.717, 1.165) is 25.9 Å². The van der Waals surface area contributed by atoms with Gasteiger partial charge in [-0.2, -0.15) is 0 Å². The average Bonchev–Trinajstić information content (AvgIpc) is 3.21. The van der Waals surface area contributed by atoms with Gasteiger partial charge in [0.1, 0.15) is 6.04 Å². The number of amides is 2. The molecular formula is C17H23N3O4S. The molecule has 0 radical (unpaired) electrons. The maximum absolute atomic E-state index is 12.9. The lowest BCUT2D eigenvalue weighted by atomic mass is 9.95. The van der Waals surface area contributed by atoms with Gasteiger partial charge in [0.15, 0.2) is 0 Å². The summed E-state index contributed by atoms with van der Waals surface area (Å²) in [5.74, 6) is -0.628. The maximum Gasteiger partial charge on any atom is 0.330 e. The van der Waals surface area contributed by atoms with Gasteiger partial charge in [-0.15, -0.1) is 11.3 Å². The Morgan fingerprint density at radius 2 is 2.00 bits per heavy atom. The van der Waals surface area contributed by atoms with E-state index in [9.17, 15) is 14.4 Å². The Morgan fingerprint density at radius 1 is 1.24 bits per heavy atom. The number of hydrogen-bond acceptors (Lipinski definition) is 6. The molecule has 2 aliphatic rings. The Kier molecular flexibility index (Phi) is 5.70. The molecule has 2 aliphatic heterocycles. The minimum Gasteiger partial charge on any atom is -0.467 e. The van der Waals surface area contributed by atoms with E-state index in [2.05, 4.69) is 5.32 Å². The summed E-state index contributed by atoms with van der Waals surface area (Å²) in [6.07, 6.45) is 1.56. The third-order valence-corrected chi connectivity index (χ3v) is 5.70. The minimum atomic E-state index is -0.731. The van der Waals surface area contributed by atoms with Crippen molar-refractivity contribution in [2.45, 2.75) is 18.9 Å². The van der Waals surface area contributed by atoms with Crippen molar-refractivity contribution in [3.8, 4) is 0 Å². The van der Waals surface area contributed by atoms with Crippen LogP contribution in [0.2, 0.25) is 0 Å². The third kappa shape index (κ3) is 3.85. The molecule has 0 unspecified atom stereocenters. The second kappa shape index (κ2) is 7.97. The van der Waals surface area contributed by atoms with Crippen molar-refractivity contribution < 1.29 is 19.1 Å². The zero-order valence-electron chi connectivity index (χ0n) is 14.3. The molecule has 1 N–H and O–H groups in total. The van der Waals surface area contributed by atoms with Crippen LogP contribution in [-0.4, -0.2) is 73.5 Å². The van der Waals surface area contributed by atoms with Crippen molar-refractivity contribution in [1.82, 2.24) is 15.1 Å². The van der Waals surface area contributed by atoms with Crippen molar-refractivity contribution in [2.75, 3.05) is 39.8 Å². The average molecular weight is 365 g/mol. The molecule has 1 atom stereocenters. The summed E-state index contributed by atoms with van der Waals surface area (Å²) in [6, 6.07) is 2.87. The predicted octanol–water partition coefficient (Wildman–Crippen LogP) is 0.574. The van der Waals surface area contributed by atoms with Gasteiger partial charge in [-0.25, -0.2) is 4.79 Å². The Morgan fingerprint density at radius 3 is 2.64 bits per heavy atom. The van der Waals surface area contributed by atoms with Crippen LogP contribution < -0.4 is 5.32 Å². The number of esters is 1. The normalized spacial score (nSPS) is 21.9. The van der Waals surface area contributed by atoms with E-state index in [1.807, 2.05) is 11.4 Å². The molecule has 0 saturated carbocycles. The van der Waals surface area contributed by atoms with Crippen molar-refractivity contribution in [1.29, 1.82) is 0 Å². The van der Waals surface area contributed by atoms with Crippen molar-refractivity contribution in [3.05, 3.63) is 22.4 Å². The number of ether oxygens (including phenoxy) is 1. The fourth-order valence-electron chi connectivity index (χ4n) is 3.43. The van der Waals surface area contributed by atoms with Crippen LogP contribution >= 0.6 is 11.3 Å². The van der Waals surface area contributed by atoms with Gasteiger partial charge in [0.25, 0.3) is 5.91 Å². The zero-order valence-corrected chi connectivity index (χ0v) is 15.1. The van der Waals surface area contributed by atoms with Gasteiger partial charge in [0.05, 0.1) is 18.5 Å². The molecule has 2 amide bonds. The van der Waals surface area contributed by atoms with Gasteiger partial charge in [0, 0.05) is 19.0 Å². The third-order valence-electron chi connectivity index (χ3n) is 4.84. The van der Waals surface area contributed by atoms with Crippen molar-refractivity contribution in [3.63, 3.8) is 0 Å². The largest absolute Gasteiger partial charge is 0.467 e. The molecule has 0 aliphatic carbocycles. The molecular weight excluding hydrogens is 342 g/mol. The molecule has 0 bridgehead atoms. The quantitative estimate of drug-likeness (QED) is 0.793. The van der Waals surface area contributed by atoms with Crippen LogP contribution in [0.4, 0.5) is 0 Å². The number of carbonyl (C=O) groups excluding carboxylic acids is 3. The fraction of sp³-hybridized carbons (Fsp3) is 0.588. The molecule has 136 valence electrons. The summed E-state index contributed by atoms with van der Waals surface area (Å²) in [4.78, 5) is 41.6. The van der Waals surface area contributed by atoms with Crippen LogP contribution in [0.15, 0.2) is 17.5 Å². The first kappa shape index (κ1) is 17.9. The highest BCUT2D eigenvalue weighted by molar-refractivity contribution is 7.12. The summed E-state index contributed by atoms with van der Waals surface area (Å²) >= 11 is 1.38. The van der Waals surface area contributed by atoms with Crippen LogP contribution in [0.1, 0.15) is 22.5 Å². The fourth-order valence-corrected chi connectivity index (χ4v) is 4.12. The van der Waals surface area contributed by atoms with Gasteiger partial charge >= 0.3 is 5.97 Å². The van der Waals surface area contributed by atoms with Crippen LogP contribution in [0, 0.1) is 5.92 Å². The summed E-state index contributed by atoms with van der Waals surface area (Å²) in [6.45, 7) is 2.60. The number of piperidine rings is 1. The molecule has 25 heavy (non-hydrogen) atoms. The van der Waals surface area contributed by atoms with Crippen LogP contribution in [-0.2, 0) is 14.3 Å². The second-order valence-electron chi connectivity index (χ2n) is 6.32. The summed E-state index contributed by atoms with van der Waals surface area (Å²) in [5, 5.41) is 5.09. The summed E-state index contributed by atoms with van der Waals surface area (Å²) in [5.41, 5.74) is 0. The molecule has 0 spiro atoms. The highest BCUT2D eigenvalue weighted by atomic mass is 32.1. The summed E-state index contributed by atoms with van der Waals surface area (Å²) < 4.78 is 4.90. The first-order valence-electron chi connectivity index (χ1n) is 8.53. The zero-order chi connectivity index (χ0) is 17.8. The Hall–Kier alpha value is -1.93. The van der Waals surface area contributed by atoms with E-state index in [1.165, 1.54) is 18.4 Å². The van der Waals surface area contributed by atoms with Gasteiger partial charge < -0.3 is 19.9 Å². The molecule has 7 nitrogen and oxygen atoms in total. The Labute approximate surface area is 150 Å². The molecule has 1 aromatic rings. The molecule has 1 aromatic heterocycles. The van der Waals surface area contributed by atoms with E-state index in [-0.39, 0.29) is 24.3 Å². The smallest absolute Gasteiger partial charge is 0.330 e. The van der Waals surface area contributed by atoms with Crippen LogP contribution in [0.3, 0.4) is 0 Å². The van der Waals surface area contributed by atoms with E-state index < -0.39 is 12.0 Å². The molecule has 2 fully saturated rings. The minimum absolute atomic E-state index is 0.000114. The van der Waals surface area contributed by atoms with Gasteiger partial charge in [-0.1, -0.05) is 6.07 Å². The number of nitrogens with zero attached hydrogens (tertiary/aromatic N) is 2. The first-order chi connectivity index (χ1) is 12.1. The number of thiophene rings is 1. The van der Waals surface area contributed by atoms with Crippen LogP contribution in [0.25, 0.3) is 0 Å². The number of nitrogens with one attached hydrogen (secondary N) is 1. The molecule has 8 heteroatoms. The molecule has 3 rings (SSSR count). The molecule has 0 aromatic carbocycles. The topological polar surface area (TPSA) is 79.0 Å². The highest BCUT2D eigenvalue weighted by Crippen LogP contribution is 2.22. The Bertz CT molecular complexity index is 628. The number of rotatable bonds is 3. The van der Waals surface area contributed by atoms with E-state index in [1.54, 1.807) is 15.9 Å². The lowest BCUT2D eigenvalue weighted by molar-refractivity contribution is -0.157. The van der Waals surface area contributed by atoms with E-state index in [0.29, 0.717) is 18.0 Å². The lowest BCUT2D eigenvalue weighted by Crippen LogP contribution is -2.61. The number of carbonyl (C=O) groups is 3. The standard InChI is InChI=1S/C17H23N3O4S/c1-24-17(23)13-11-19(16(22)14-3-2-10-25-14)8-9-20(13)15(21)12-4-6-18-7-5-12/h2-3,10,12-13,18H,4-9,11H2,1H3/t13-/m0/s1. The van der Waals surface area contributed by atoms with Crippen molar-refractivity contribution >= 4 is 29.1 Å². The maximum atomic E-state index is 12.9. The van der Waals surface area contributed by atoms with Crippen molar-refractivity contribution in [2.24, 2.45) is 5.92 Å².